The molecule has 6 nitrogen and oxygen atoms in total. The minimum Gasteiger partial charge on any atom is -0.543 e. The number of nitrogens with one attached hydrogen (secondary N) is 1. The number of halogens is 2. The number of rotatable bonds is 5. The Bertz CT molecular complexity index is 764. The fourth-order valence-electron chi connectivity index (χ4n) is 1.88. The molecule has 24 heavy (non-hydrogen) atoms. The predicted octanol–water partition coefficient (Wildman–Crippen LogP) is 3.26. The van der Waals surface area contributed by atoms with E-state index < -0.39 is 5.97 Å². The maximum absolute atomic E-state index is 12.5. The van der Waals surface area contributed by atoms with Crippen molar-refractivity contribution in [3.63, 3.8) is 0 Å². The van der Waals surface area contributed by atoms with Crippen LogP contribution in [0.15, 0.2) is 23.6 Å². The van der Waals surface area contributed by atoms with Gasteiger partial charge in [-0.05, 0) is 32.0 Å². The molecule has 1 N–H and O–H groups in total. The number of carbonyl (C=O) groups is 2. The van der Waals surface area contributed by atoms with Crippen molar-refractivity contribution in [3.8, 4) is 0 Å². The Morgan fingerprint density at radius 3 is 2.58 bits per heavy atom. The number of carboxylic acids is 1. The second-order valence-corrected chi connectivity index (χ2v) is 6.95. The van der Waals surface area contributed by atoms with Gasteiger partial charge in [0.1, 0.15) is 5.01 Å². The van der Waals surface area contributed by atoms with E-state index in [1.54, 1.807) is 18.2 Å². The van der Waals surface area contributed by atoms with E-state index in [9.17, 15) is 14.7 Å². The summed E-state index contributed by atoms with van der Waals surface area (Å²) in [4.78, 5) is 28.7. The van der Waals surface area contributed by atoms with Crippen LogP contribution in [-0.4, -0.2) is 27.9 Å². The van der Waals surface area contributed by atoms with Crippen molar-refractivity contribution in [2.75, 3.05) is 5.32 Å². The molecule has 0 spiro atoms. The molecular formula is C15H14Cl2N3O3S-. The molecule has 0 radical (unpaired) electrons. The zero-order chi connectivity index (χ0) is 17.9. The van der Waals surface area contributed by atoms with Crippen LogP contribution in [0, 0.1) is 0 Å². The quantitative estimate of drug-likeness (QED) is 0.854. The van der Waals surface area contributed by atoms with Crippen LogP contribution in [0.4, 0.5) is 10.5 Å². The van der Waals surface area contributed by atoms with Crippen LogP contribution in [0.25, 0.3) is 0 Å². The van der Waals surface area contributed by atoms with Crippen molar-refractivity contribution in [2.45, 2.75) is 26.4 Å². The van der Waals surface area contributed by atoms with Gasteiger partial charge in [-0.1, -0.05) is 23.2 Å². The average molecular weight is 387 g/mol. The standard InChI is InChI=1S/C15H15Cl2N3O3S/c1-8(2)20(6-13-19-12(7-24-13)14(21)22)15(23)18-9-3-4-10(16)11(17)5-9/h3-5,7-8H,6H2,1-2H3,(H,18,23)(H,21,22)/p-1. The van der Waals surface area contributed by atoms with Crippen LogP contribution in [0.1, 0.15) is 29.3 Å². The van der Waals surface area contributed by atoms with Gasteiger partial charge >= 0.3 is 6.03 Å². The van der Waals surface area contributed by atoms with Crippen molar-refractivity contribution < 1.29 is 14.7 Å². The highest BCUT2D eigenvalue weighted by atomic mass is 35.5. The number of carbonyl (C=O) groups excluding carboxylic acids is 2. The summed E-state index contributed by atoms with van der Waals surface area (Å²) in [6, 6.07) is 4.31. The highest BCUT2D eigenvalue weighted by Crippen LogP contribution is 2.25. The van der Waals surface area contributed by atoms with Gasteiger partial charge in [0.25, 0.3) is 0 Å². The van der Waals surface area contributed by atoms with Gasteiger partial charge in [-0.25, -0.2) is 9.78 Å². The first kappa shape index (κ1) is 18.5. The lowest BCUT2D eigenvalue weighted by Gasteiger charge is -2.26. The lowest BCUT2D eigenvalue weighted by atomic mass is 10.3. The summed E-state index contributed by atoms with van der Waals surface area (Å²) in [7, 11) is 0. The largest absolute Gasteiger partial charge is 0.543 e. The molecule has 0 atom stereocenters. The molecule has 0 aliphatic carbocycles. The SMILES string of the molecule is CC(C)N(Cc1nc(C(=O)[O-])cs1)C(=O)Nc1ccc(Cl)c(Cl)c1. The average Bonchev–Trinajstić information content (AvgIpc) is 2.97. The van der Waals surface area contributed by atoms with Gasteiger partial charge in [0.2, 0.25) is 0 Å². The summed E-state index contributed by atoms with van der Waals surface area (Å²) in [6.45, 7) is 3.88. The molecule has 0 aliphatic rings. The summed E-state index contributed by atoms with van der Waals surface area (Å²) < 4.78 is 0. The third-order valence-electron chi connectivity index (χ3n) is 3.12. The number of nitrogens with zero attached hydrogens (tertiary/aromatic N) is 2. The predicted molar refractivity (Wildman–Crippen MR) is 92.6 cm³/mol. The van der Waals surface area contributed by atoms with Crippen molar-refractivity contribution in [3.05, 3.63) is 44.3 Å². The van der Waals surface area contributed by atoms with E-state index in [0.717, 1.165) is 11.3 Å². The fraction of sp³-hybridized carbons (Fsp3) is 0.267. The Morgan fingerprint density at radius 2 is 2.04 bits per heavy atom. The third kappa shape index (κ3) is 4.59. The Balaban J connectivity index is 2.12. The van der Waals surface area contributed by atoms with Gasteiger partial charge in [0.05, 0.1) is 28.3 Å². The van der Waals surface area contributed by atoms with Crippen LogP contribution >= 0.6 is 34.5 Å². The number of hydrogen-bond acceptors (Lipinski definition) is 5. The number of anilines is 1. The molecule has 0 aliphatic heterocycles. The summed E-state index contributed by atoms with van der Waals surface area (Å²) in [5, 5.41) is 16.1. The Labute approximate surface area is 153 Å². The van der Waals surface area contributed by atoms with E-state index >= 15 is 0 Å². The molecule has 1 aromatic heterocycles. The van der Waals surface area contributed by atoms with Crippen molar-refractivity contribution >= 4 is 52.2 Å². The van der Waals surface area contributed by atoms with Gasteiger partial charge in [-0.3, -0.25) is 0 Å². The van der Waals surface area contributed by atoms with E-state index in [-0.39, 0.29) is 24.3 Å². The zero-order valence-electron chi connectivity index (χ0n) is 12.9. The molecule has 128 valence electrons. The minimum absolute atomic E-state index is 0.122. The maximum atomic E-state index is 12.5. The van der Waals surface area contributed by atoms with Gasteiger partial charge in [0.15, 0.2) is 0 Å². The molecular weight excluding hydrogens is 373 g/mol. The number of amides is 2. The smallest absolute Gasteiger partial charge is 0.322 e. The summed E-state index contributed by atoms with van der Waals surface area (Å²) in [6.07, 6.45) is 0. The number of aromatic carboxylic acids is 1. The topological polar surface area (TPSA) is 85.4 Å². The van der Waals surface area contributed by atoms with Crippen LogP contribution in [0.2, 0.25) is 10.0 Å². The highest BCUT2D eigenvalue weighted by molar-refractivity contribution is 7.09. The van der Waals surface area contributed by atoms with Crippen LogP contribution in [-0.2, 0) is 6.54 Å². The lowest BCUT2D eigenvalue weighted by Crippen LogP contribution is -2.39. The Hall–Kier alpha value is -1.83. The first-order valence-corrected chi connectivity index (χ1v) is 8.60. The van der Waals surface area contributed by atoms with Gasteiger partial charge in [-0.2, -0.15) is 0 Å². The van der Waals surface area contributed by atoms with E-state index in [0.29, 0.717) is 20.7 Å². The first-order chi connectivity index (χ1) is 11.3. The number of thiazole rings is 1. The molecule has 9 heteroatoms. The van der Waals surface area contributed by atoms with E-state index in [2.05, 4.69) is 10.3 Å². The summed E-state index contributed by atoms with van der Waals surface area (Å²) in [5.74, 6) is -1.34. The Kier molecular flexibility index (Phi) is 6.04. The zero-order valence-corrected chi connectivity index (χ0v) is 15.2. The van der Waals surface area contributed by atoms with Gasteiger partial charge in [-0.15, -0.1) is 11.3 Å². The van der Waals surface area contributed by atoms with Gasteiger partial charge in [0, 0.05) is 17.1 Å². The molecule has 1 aromatic carbocycles. The molecule has 0 saturated carbocycles. The van der Waals surface area contributed by atoms with E-state index in [1.165, 1.54) is 10.3 Å². The second kappa shape index (κ2) is 7.83. The molecule has 0 bridgehead atoms. The molecule has 0 fully saturated rings. The molecule has 2 aromatic rings. The van der Waals surface area contributed by atoms with Crippen molar-refractivity contribution in [2.24, 2.45) is 0 Å². The number of benzene rings is 1. The van der Waals surface area contributed by atoms with E-state index in [4.69, 9.17) is 23.2 Å². The summed E-state index contributed by atoms with van der Waals surface area (Å²) >= 11 is 12.9. The van der Waals surface area contributed by atoms with E-state index in [1.807, 2.05) is 13.8 Å². The molecule has 0 unspecified atom stereocenters. The molecule has 2 amide bonds. The Morgan fingerprint density at radius 1 is 1.33 bits per heavy atom. The van der Waals surface area contributed by atoms with Crippen LogP contribution < -0.4 is 10.4 Å². The fourth-order valence-corrected chi connectivity index (χ4v) is 2.94. The first-order valence-electron chi connectivity index (χ1n) is 6.96. The van der Waals surface area contributed by atoms with Crippen LogP contribution in [0.3, 0.4) is 0 Å². The second-order valence-electron chi connectivity index (χ2n) is 5.19. The minimum atomic E-state index is -1.34. The number of carboxylic acid groups (broad SMARTS) is 1. The molecule has 0 saturated heterocycles. The van der Waals surface area contributed by atoms with Crippen LogP contribution in [0.5, 0.6) is 0 Å². The number of aromatic nitrogens is 1. The maximum Gasteiger partial charge on any atom is 0.322 e. The number of hydrogen-bond donors (Lipinski definition) is 1. The summed E-state index contributed by atoms with van der Waals surface area (Å²) in [5.41, 5.74) is 0.373. The van der Waals surface area contributed by atoms with Gasteiger partial charge < -0.3 is 20.1 Å². The van der Waals surface area contributed by atoms with Crippen molar-refractivity contribution in [1.82, 2.24) is 9.88 Å². The lowest BCUT2D eigenvalue weighted by molar-refractivity contribution is -0.255. The normalized spacial score (nSPS) is 10.7. The molecule has 1 heterocycles. The number of urea groups is 1. The van der Waals surface area contributed by atoms with Crippen molar-refractivity contribution in [1.29, 1.82) is 0 Å². The highest BCUT2D eigenvalue weighted by Gasteiger charge is 2.19. The monoisotopic (exact) mass is 386 g/mol. The third-order valence-corrected chi connectivity index (χ3v) is 4.69. The molecule has 2 rings (SSSR count).